The lowest BCUT2D eigenvalue weighted by Crippen LogP contribution is -2.41. The maximum absolute atomic E-state index is 14.7. The summed E-state index contributed by atoms with van der Waals surface area (Å²) in [7, 11) is 0. The minimum Gasteiger partial charge on any atom is -0.330 e. The smallest absolute Gasteiger partial charge is 0.280 e. The van der Waals surface area contributed by atoms with Crippen molar-refractivity contribution in [1.82, 2.24) is 14.6 Å². The summed E-state index contributed by atoms with van der Waals surface area (Å²) in [6.07, 6.45) is 0.569. The molecule has 0 aliphatic carbocycles. The second kappa shape index (κ2) is 11.7. The van der Waals surface area contributed by atoms with Gasteiger partial charge in [0.2, 0.25) is 0 Å². The van der Waals surface area contributed by atoms with Crippen LogP contribution in [0.1, 0.15) is 42.0 Å². The van der Waals surface area contributed by atoms with Gasteiger partial charge in [0.25, 0.3) is 11.5 Å². The van der Waals surface area contributed by atoms with Gasteiger partial charge in [0.15, 0.2) is 23.3 Å². The van der Waals surface area contributed by atoms with Gasteiger partial charge in [0, 0.05) is 11.6 Å². The number of fused-ring (bicyclic) bond motifs is 1. The van der Waals surface area contributed by atoms with Crippen molar-refractivity contribution in [2.24, 2.45) is 5.73 Å². The molecule has 3 aromatic carbocycles. The van der Waals surface area contributed by atoms with Crippen LogP contribution < -0.4 is 16.7 Å². The van der Waals surface area contributed by atoms with Crippen LogP contribution in [0.2, 0.25) is 5.02 Å². The van der Waals surface area contributed by atoms with Gasteiger partial charge in [-0.15, -0.1) is 0 Å². The van der Waals surface area contributed by atoms with E-state index in [-0.39, 0.29) is 30.7 Å². The minimum atomic E-state index is -1.75. The number of nitrogens with zero attached hydrogens (tertiary/aromatic N) is 3. The molecule has 0 aliphatic heterocycles. The van der Waals surface area contributed by atoms with Gasteiger partial charge in [-0.05, 0) is 61.9 Å². The molecular weight excluding hydrogens is 519 g/mol. The Morgan fingerprint density at radius 3 is 2.53 bits per heavy atom. The zero-order chi connectivity index (χ0) is 27.4. The minimum absolute atomic E-state index is 0.0427. The second-order valence-corrected chi connectivity index (χ2v) is 8.97. The van der Waals surface area contributed by atoms with E-state index < -0.39 is 40.5 Å². The molecule has 4 aromatic rings. The van der Waals surface area contributed by atoms with Crippen LogP contribution in [0.5, 0.6) is 0 Å². The van der Waals surface area contributed by atoms with Crippen molar-refractivity contribution in [3.8, 4) is 0 Å². The van der Waals surface area contributed by atoms with Crippen molar-refractivity contribution in [3.63, 3.8) is 0 Å². The number of rotatable bonds is 9. The molecule has 1 atom stereocenters. The van der Waals surface area contributed by atoms with Gasteiger partial charge in [-0.3, -0.25) is 15.0 Å². The van der Waals surface area contributed by atoms with Gasteiger partial charge in [-0.25, -0.2) is 22.8 Å². The summed E-state index contributed by atoms with van der Waals surface area (Å²) >= 11 is 6.16. The van der Waals surface area contributed by atoms with Crippen LogP contribution in [0, 0.1) is 17.5 Å². The maximum Gasteiger partial charge on any atom is 0.280 e. The molecule has 0 aliphatic rings. The monoisotopic (exact) mass is 543 g/mol. The van der Waals surface area contributed by atoms with Crippen molar-refractivity contribution in [3.05, 3.63) is 105 Å². The molecule has 1 heterocycles. The van der Waals surface area contributed by atoms with Crippen LogP contribution >= 0.6 is 11.6 Å². The molecule has 4 rings (SSSR count). The molecular formula is C27H25ClF3N5O2. The third kappa shape index (κ3) is 5.36. The van der Waals surface area contributed by atoms with Crippen LogP contribution in [0.25, 0.3) is 10.9 Å². The summed E-state index contributed by atoms with van der Waals surface area (Å²) in [5, 5.41) is 0.639. The topological polar surface area (TPSA) is 93.2 Å². The number of carbonyl (C=O) groups excluding carboxylic acids is 1. The van der Waals surface area contributed by atoms with Gasteiger partial charge in [-0.2, -0.15) is 0 Å². The van der Waals surface area contributed by atoms with E-state index in [0.29, 0.717) is 28.7 Å². The van der Waals surface area contributed by atoms with Crippen LogP contribution in [-0.4, -0.2) is 33.6 Å². The predicted molar refractivity (Wildman–Crippen MR) is 141 cm³/mol. The van der Waals surface area contributed by atoms with Gasteiger partial charge in [0.05, 0.1) is 28.2 Å². The molecule has 0 saturated carbocycles. The Hall–Kier alpha value is -3.89. The predicted octanol–water partition coefficient (Wildman–Crippen LogP) is 5.28. The fraction of sp³-hybridized carbons (Fsp3) is 0.222. The molecule has 0 radical (unpaired) electrons. The average molecular weight is 544 g/mol. The lowest BCUT2D eigenvalue weighted by molar-refractivity contribution is 0.0651. The number of anilines is 1. The lowest BCUT2D eigenvalue weighted by Gasteiger charge is -2.32. The molecule has 38 heavy (non-hydrogen) atoms. The third-order valence-electron chi connectivity index (χ3n) is 6.06. The molecule has 1 amide bonds. The molecule has 0 fully saturated rings. The van der Waals surface area contributed by atoms with Gasteiger partial charge >= 0.3 is 0 Å². The van der Waals surface area contributed by atoms with Crippen molar-refractivity contribution >= 4 is 34.1 Å². The summed E-state index contributed by atoms with van der Waals surface area (Å²) in [4.78, 5) is 33.2. The summed E-state index contributed by atoms with van der Waals surface area (Å²) in [5.74, 6) is -5.50. The number of nitrogens with one attached hydrogen (secondary N) is 1. The highest BCUT2D eigenvalue weighted by molar-refractivity contribution is 6.31. The number of benzene rings is 3. The Labute approximate surface area is 221 Å². The highest BCUT2D eigenvalue weighted by atomic mass is 35.5. The van der Waals surface area contributed by atoms with Crippen molar-refractivity contribution < 1.29 is 18.0 Å². The van der Waals surface area contributed by atoms with Crippen LogP contribution in [0.15, 0.2) is 65.5 Å². The Morgan fingerprint density at radius 2 is 1.84 bits per heavy atom. The number of halogens is 4. The van der Waals surface area contributed by atoms with Gasteiger partial charge in [-0.1, -0.05) is 36.7 Å². The first-order chi connectivity index (χ1) is 18.3. The summed E-state index contributed by atoms with van der Waals surface area (Å²) in [6, 6.07) is 14.2. The van der Waals surface area contributed by atoms with Crippen molar-refractivity contribution in [2.45, 2.75) is 25.8 Å². The van der Waals surface area contributed by atoms with E-state index in [9.17, 15) is 22.8 Å². The van der Waals surface area contributed by atoms with Crippen LogP contribution in [0.4, 0.5) is 18.9 Å². The van der Waals surface area contributed by atoms with Crippen molar-refractivity contribution in [2.75, 3.05) is 18.5 Å². The molecule has 11 heteroatoms. The highest BCUT2D eigenvalue weighted by Crippen LogP contribution is 2.28. The van der Waals surface area contributed by atoms with Gasteiger partial charge < -0.3 is 10.6 Å². The largest absolute Gasteiger partial charge is 0.330 e. The number of para-hydroxylation sites is 1. The number of amides is 1. The number of hydrogen-bond donors (Lipinski definition) is 2. The van der Waals surface area contributed by atoms with E-state index in [1.807, 2.05) is 6.07 Å². The molecule has 0 unspecified atom stereocenters. The van der Waals surface area contributed by atoms with Crippen LogP contribution in [-0.2, 0) is 0 Å². The summed E-state index contributed by atoms with van der Waals surface area (Å²) in [5.41, 5.74) is 8.52. The normalized spacial score (nSPS) is 11.9. The van der Waals surface area contributed by atoms with E-state index in [2.05, 4.69) is 10.4 Å². The first-order valence-electron chi connectivity index (χ1n) is 12.0. The Balaban J connectivity index is 1.92. The molecule has 7 nitrogen and oxygen atoms in total. The van der Waals surface area contributed by atoms with E-state index in [1.54, 1.807) is 43.3 Å². The Morgan fingerprint density at radius 1 is 1.11 bits per heavy atom. The Bertz CT molecular complexity index is 1530. The first kappa shape index (κ1) is 27.2. The molecule has 198 valence electrons. The SMILES string of the molecule is CC[C@H](c1nc2cc(Cl)ccc2c(=O)n1Nc1ccccc1)N(CCCN)C(=O)c1ccc(F)c(F)c1F. The number of aromatic nitrogens is 2. The maximum atomic E-state index is 14.7. The van der Waals surface area contributed by atoms with E-state index >= 15 is 0 Å². The third-order valence-corrected chi connectivity index (χ3v) is 6.30. The van der Waals surface area contributed by atoms with E-state index in [0.717, 1.165) is 6.07 Å². The zero-order valence-electron chi connectivity index (χ0n) is 20.4. The highest BCUT2D eigenvalue weighted by Gasteiger charge is 2.31. The molecule has 0 saturated heterocycles. The molecule has 0 bridgehead atoms. The van der Waals surface area contributed by atoms with E-state index in [1.165, 1.54) is 15.6 Å². The summed E-state index contributed by atoms with van der Waals surface area (Å²) in [6.45, 7) is 2.01. The molecule has 0 spiro atoms. The zero-order valence-corrected chi connectivity index (χ0v) is 21.2. The fourth-order valence-electron chi connectivity index (χ4n) is 4.20. The van der Waals surface area contributed by atoms with Gasteiger partial charge in [0.1, 0.15) is 0 Å². The first-order valence-corrected chi connectivity index (χ1v) is 12.3. The lowest BCUT2D eigenvalue weighted by atomic mass is 10.1. The standard InChI is InChI=1S/C27H25ClF3N5O2/c1-2-22(35(14-6-13-32)26(37)19-11-12-20(29)24(31)23(19)30)25-33-21-15-16(28)9-10-18(21)27(38)36(25)34-17-7-4-3-5-8-17/h3-5,7-12,15,22,34H,2,6,13-14,32H2,1H3/t22-/m1/s1. The fourth-order valence-corrected chi connectivity index (χ4v) is 4.36. The number of carbonyl (C=O) groups is 1. The van der Waals surface area contributed by atoms with Crippen LogP contribution in [0.3, 0.4) is 0 Å². The quantitative estimate of drug-likeness (QED) is 0.280. The number of hydrogen-bond acceptors (Lipinski definition) is 5. The second-order valence-electron chi connectivity index (χ2n) is 8.54. The van der Waals surface area contributed by atoms with E-state index in [4.69, 9.17) is 17.3 Å². The Kier molecular flexibility index (Phi) is 8.33. The number of nitrogens with two attached hydrogens (primary N) is 1. The van der Waals surface area contributed by atoms with Crippen molar-refractivity contribution in [1.29, 1.82) is 0 Å². The molecule has 3 N–H and O–H groups in total. The average Bonchev–Trinajstić information content (AvgIpc) is 2.91. The molecule has 1 aromatic heterocycles. The summed E-state index contributed by atoms with van der Waals surface area (Å²) < 4.78 is 43.5.